The first-order chi connectivity index (χ1) is 20.4. The van der Waals surface area contributed by atoms with Crippen LogP contribution in [0.25, 0.3) is 10.9 Å². The largest absolute Gasteiger partial charge is 0.362 e. The summed E-state index contributed by atoms with van der Waals surface area (Å²) in [5.41, 5.74) is 0.948. The van der Waals surface area contributed by atoms with E-state index in [9.17, 15) is 8.42 Å². The van der Waals surface area contributed by atoms with Gasteiger partial charge in [0, 0.05) is 32.6 Å². The number of unbranched alkanes of at least 4 members (excludes halogenated alkanes) is 13. The van der Waals surface area contributed by atoms with E-state index in [-0.39, 0.29) is 5.75 Å². The maximum absolute atomic E-state index is 12.5. The van der Waals surface area contributed by atoms with Gasteiger partial charge in [-0.05, 0) is 56.1 Å². The molecule has 0 amide bonds. The summed E-state index contributed by atoms with van der Waals surface area (Å²) in [4.78, 5) is 11.5. The number of rotatable bonds is 22. The topological polar surface area (TPSA) is 87.2 Å². The Morgan fingerprint density at radius 1 is 0.738 bits per heavy atom. The van der Waals surface area contributed by atoms with E-state index in [0.717, 1.165) is 68.2 Å². The van der Waals surface area contributed by atoms with Crippen LogP contribution in [0.1, 0.15) is 122 Å². The van der Waals surface area contributed by atoms with Gasteiger partial charge < -0.3 is 10.2 Å². The molecule has 1 saturated carbocycles. The van der Waals surface area contributed by atoms with Crippen molar-refractivity contribution in [2.75, 3.05) is 43.2 Å². The van der Waals surface area contributed by atoms with Crippen LogP contribution in [0, 0.1) is 11.8 Å². The van der Waals surface area contributed by atoms with Crippen molar-refractivity contribution in [2.24, 2.45) is 11.8 Å². The van der Waals surface area contributed by atoms with Gasteiger partial charge in [-0.25, -0.2) is 18.1 Å². The fourth-order valence-corrected chi connectivity index (χ4v) is 7.38. The van der Waals surface area contributed by atoms with Crippen LogP contribution >= 0.6 is 0 Å². The Morgan fingerprint density at radius 3 is 1.83 bits per heavy atom. The van der Waals surface area contributed by atoms with Gasteiger partial charge in [-0.15, -0.1) is 0 Å². The third-order valence-corrected chi connectivity index (χ3v) is 10.3. The molecule has 0 atom stereocenters. The molecule has 7 nitrogen and oxygen atoms in total. The van der Waals surface area contributed by atoms with Gasteiger partial charge in [-0.2, -0.15) is 4.98 Å². The molecule has 0 bridgehead atoms. The van der Waals surface area contributed by atoms with Crippen LogP contribution in [0.3, 0.4) is 0 Å². The number of nitrogens with zero attached hydrogens (tertiary/aromatic N) is 3. The second-order valence-electron chi connectivity index (χ2n) is 12.8. The summed E-state index contributed by atoms with van der Waals surface area (Å²) >= 11 is 0. The lowest BCUT2D eigenvalue weighted by atomic mass is 9.82. The van der Waals surface area contributed by atoms with Crippen molar-refractivity contribution in [3.8, 4) is 0 Å². The Hall–Kier alpha value is -1.93. The van der Waals surface area contributed by atoms with Crippen molar-refractivity contribution in [3.63, 3.8) is 0 Å². The SMILES string of the molecule is CCCCCCCCCCCCCCCCS(=O)(=O)NC[C@H]1CC[C@H](CNc2nc(N(C)C)c3ccccc3n2)CC1. The number of benzene rings is 1. The lowest BCUT2D eigenvalue weighted by Crippen LogP contribution is -2.33. The van der Waals surface area contributed by atoms with Crippen LogP contribution in [0.4, 0.5) is 11.8 Å². The minimum atomic E-state index is -3.17. The molecule has 2 aromatic rings. The first-order valence-electron chi connectivity index (χ1n) is 17.0. The Bertz CT molecular complexity index is 1120. The van der Waals surface area contributed by atoms with Crippen LogP contribution in [0.2, 0.25) is 0 Å². The monoisotopic (exact) mass is 601 g/mol. The zero-order valence-electron chi connectivity index (χ0n) is 26.9. The van der Waals surface area contributed by atoms with Gasteiger partial charge in [-0.1, -0.05) is 103 Å². The first kappa shape index (κ1) is 34.6. The minimum Gasteiger partial charge on any atom is -0.362 e. The molecule has 0 unspecified atom stereocenters. The van der Waals surface area contributed by atoms with Gasteiger partial charge in [0.25, 0.3) is 0 Å². The summed E-state index contributed by atoms with van der Waals surface area (Å²) in [6.45, 7) is 3.71. The quantitative estimate of drug-likeness (QED) is 0.132. The molecule has 3 rings (SSSR count). The van der Waals surface area contributed by atoms with Crippen molar-refractivity contribution in [3.05, 3.63) is 24.3 Å². The molecule has 1 aliphatic carbocycles. The Morgan fingerprint density at radius 2 is 1.26 bits per heavy atom. The van der Waals surface area contributed by atoms with Crippen LogP contribution < -0.4 is 14.9 Å². The van der Waals surface area contributed by atoms with Gasteiger partial charge >= 0.3 is 0 Å². The summed E-state index contributed by atoms with van der Waals surface area (Å²) in [6, 6.07) is 8.11. The molecule has 1 aromatic heterocycles. The first-order valence-corrected chi connectivity index (χ1v) is 18.7. The molecular weight excluding hydrogens is 542 g/mol. The average Bonchev–Trinajstić information content (AvgIpc) is 2.99. The van der Waals surface area contributed by atoms with Crippen molar-refractivity contribution in [2.45, 2.75) is 122 Å². The highest BCUT2D eigenvalue weighted by molar-refractivity contribution is 7.89. The molecule has 1 aromatic carbocycles. The van der Waals surface area contributed by atoms with Crippen molar-refractivity contribution in [1.29, 1.82) is 0 Å². The molecule has 8 heteroatoms. The van der Waals surface area contributed by atoms with E-state index in [4.69, 9.17) is 9.97 Å². The smallest absolute Gasteiger partial charge is 0.225 e. The molecule has 42 heavy (non-hydrogen) atoms. The number of nitrogens with one attached hydrogen (secondary N) is 2. The minimum absolute atomic E-state index is 0.269. The number of hydrogen-bond acceptors (Lipinski definition) is 6. The summed E-state index contributed by atoms with van der Waals surface area (Å²) in [5.74, 6) is 2.87. The molecular formula is C34H59N5O2S. The third kappa shape index (κ3) is 13.2. The second-order valence-corrected chi connectivity index (χ2v) is 14.7. The third-order valence-electron chi connectivity index (χ3n) is 8.88. The molecule has 238 valence electrons. The number of anilines is 2. The molecule has 0 saturated heterocycles. The average molecular weight is 602 g/mol. The molecule has 1 aliphatic rings. The predicted molar refractivity (Wildman–Crippen MR) is 180 cm³/mol. The van der Waals surface area contributed by atoms with E-state index in [1.165, 1.54) is 70.6 Å². The fraction of sp³-hybridized carbons (Fsp3) is 0.765. The van der Waals surface area contributed by atoms with Gasteiger partial charge in [-0.3, -0.25) is 0 Å². The number of para-hydroxylation sites is 1. The van der Waals surface area contributed by atoms with Crippen molar-refractivity contribution in [1.82, 2.24) is 14.7 Å². The molecule has 1 fully saturated rings. The molecule has 0 aliphatic heterocycles. The van der Waals surface area contributed by atoms with Gasteiger partial charge in [0.05, 0.1) is 11.3 Å². The van der Waals surface area contributed by atoms with Gasteiger partial charge in [0.15, 0.2) is 0 Å². The number of sulfonamides is 1. The summed E-state index contributed by atoms with van der Waals surface area (Å²) in [5, 5.41) is 4.53. The fourth-order valence-electron chi connectivity index (χ4n) is 6.16. The van der Waals surface area contributed by atoms with E-state index < -0.39 is 10.0 Å². The Balaban J connectivity index is 1.21. The maximum atomic E-state index is 12.5. The zero-order chi connectivity index (χ0) is 30.0. The van der Waals surface area contributed by atoms with Crippen LogP contribution in [0.5, 0.6) is 0 Å². The van der Waals surface area contributed by atoms with E-state index >= 15 is 0 Å². The number of hydrogen-bond donors (Lipinski definition) is 2. The highest BCUT2D eigenvalue weighted by atomic mass is 32.2. The summed E-state index contributed by atoms with van der Waals surface area (Å²) < 4.78 is 28.0. The predicted octanol–water partition coefficient (Wildman–Crippen LogP) is 8.31. The highest BCUT2D eigenvalue weighted by Crippen LogP contribution is 2.29. The maximum Gasteiger partial charge on any atom is 0.225 e. The van der Waals surface area contributed by atoms with E-state index in [1.54, 1.807) is 0 Å². The standard InChI is InChI=1S/C34H59N5O2S/c1-4-5-6-7-8-9-10-11-12-13-14-15-16-19-26-42(40,41)36-28-30-24-22-29(23-25-30)27-35-34-37-32-21-18-17-20-31(32)33(38-34)39(2)3/h17-18,20-21,29-30,36H,4-16,19,22-28H2,1-3H3,(H,35,37,38)/t29-,30-. The molecule has 1 heterocycles. The lowest BCUT2D eigenvalue weighted by Gasteiger charge is -2.28. The van der Waals surface area contributed by atoms with E-state index in [1.807, 2.05) is 37.2 Å². The summed E-state index contributed by atoms with van der Waals surface area (Å²) in [7, 11) is 0.847. The number of aromatic nitrogens is 2. The lowest BCUT2D eigenvalue weighted by molar-refractivity contribution is 0.284. The molecule has 0 spiro atoms. The van der Waals surface area contributed by atoms with Crippen LogP contribution in [-0.2, 0) is 10.0 Å². The van der Waals surface area contributed by atoms with Crippen molar-refractivity contribution < 1.29 is 8.42 Å². The normalized spacial score (nSPS) is 17.5. The van der Waals surface area contributed by atoms with Gasteiger partial charge in [0.1, 0.15) is 5.82 Å². The number of fused-ring (bicyclic) bond motifs is 1. The van der Waals surface area contributed by atoms with Crippen LogP contribution in [-0.4, -0.2) is 51.3 Å². The van der Waals surface area contributed by atoms with Gasteiger partial charge in [0.2, 0.25) is 16.0 Å². The van der Waals surface area contributed by atoms with Crippen molar-refractivity contribution >= 4 is 32.7 Å². The molecule has 0 radical (unpaired) electrons. The Labute approximate surface area is 257 Å². The van der Waals surface area contributed by atoms with Crippen LogP contribution in [0.15, 0.2) is 24.3 Å². The molecule has 2 N–H and O–H groups in total. The summed E-state index contributed by atoms with van der Waals surface area (Å²) in [6.07, 6.45) is 22.2. The zero-order valence-corrected chi connectivity index (χ0v) is 27.7. The highest BCUT2D eigenvalue weighted by Gasteiger charge is 2.23. The second kappa shape index (κ2) is 19.4. The Kier molecular flexibility index (Phi) is 15.9. The van der Waals surface area contributed by atoms with E-state index in [0.29, 0.717) is 24.3 Å². The van der Waals surface area contributed by atoms with E-state index in [2.05, 4.69) is 23.0 Å².